The van der Waals surface area contributed by atoms with Crippen molar-refractivity contribution >= 4 is 11.6 Å². The summed E-state index contributed by atoms with van der Waals surface area (Å²) in [6.07, 6.45) is 2.00. The number of amides is 1. The van der Waals surface area contributed by atoms with Crippen molar-refractivity contribution in [3.8, 4) is 5.75 Å². The maximum absolute atomic E-state index is 12.3. The highest BCUT2D eigenvalue weighted by Gasteiger charge is 2.13. The summed E-state index contributed by atoms with van der Waals surface area (Å²) >= 11 is 0. The lowest BCUT2D eigenvalue weighted by Gasteiger charge is -2.20. The normalized spacial score (nSPS) is 12.5. The molecular formula is C32H42N2O2. The van der Waals surface area contributed by atoms with Gasteiger partial charge in [-0.05, 0) is 74.2 Å². The molecule has 1 heterocycles. The van der Waals surface area contributed by atoms with Crippen molar-refractivity contribution in [2.24, 2.45) is 0 Å². The lowest BCUT2D eigenvalue weighted by molar-refractivity contribution is 0.0993. The number of aryl methyl sites for hydroxylation is 3. The van der Waals surface area contributed by atoms with Crippen LogP contribution in [0.4, 0.5) is 5.69 Å². The van der Waals surface area contributed by atoms with E-state index in [1.54, 1.807) is 4.90 Å². The highest BCUT2D eigenvalue weighted by molar-refractivity contribution is 6.05. The molecular weight excluding hydrogens is 444 g/mol. The predicted molar refractivity (Wildman–Crippen MR) is 153 cm³/mol. The van der Waals surface area contributed by atoms with E-state index in [4.69, 9.17) is 4.74 Å². The van der Waals surface area contributed by atoms with Crippen LogP contribution in [-0.4, -0.2) is 26.0 Å². The summed E-state index contributed by atoms with van der Waals surface area (Å²) in [5.74, 6) is 2.13. The van der Waals surface area contributed by atoms with Gasteiger partial charge in [0.15, 0.2) is 0 Å². The van der Waals surface area contributed by atoms with Crippen molar-refractivity contribution in [3.63, 3.8) is 0 Å². The van der Waals surface area contributed by atoms with Crippen LogP contribution in [0.15, 0.2) is 84.1 Å². The Labute approximate surface area is 218 Å². The van der Waals surface area contributed by atoms with Gasteiger partial charge in [0.05, 0.1) is 0 Å². The van der Waals surface area contributed by atoms with Gasteiger partial charge >= 0.3 is 0 Å². The van der Waals surface area contributed by atoms with Crippen LogP contribution in [-0.2, 0) is 6.42 Å². The summed E-state index contributed by atoms with van der Waals surface area (Å²) in [5, 5.41) is 3.33. The van der Waals surface area contributed by atoms with E-state index in [-0.39, 0.29) is 5.91 Å². The van der Waals surface area contributed by atoms with E-state index in [1.807, 2.05) is 82.4 Å². The molecule has 4 nitrogen and oxygen atoms in total. The van der Waals surface area contributed by atoms with Gasteiger partial charge in [-0.15, -0.1) is 0 Å². The fourth-order valence-electron chi connectivity index (χ4n) is 3.69. The molecule has 3 aromatic carbocycles. The van der Waals surface area contributed by atoms with Crippen LogP contribution in [0.3, 0.4) is 0 Å². The van der Waals surface area contributed by atoms with Crippen molar-refractivity contribution < 1.29 is 9.53 Å². The smallest absolute Gasteiger partial charge is 0.258 e. The van der Waals surface area contributed by atoms with Crippen LogP contribution in [0.1, 0.15) is 61.2 Å². The molecule has 1 aliphatic rings. The number of rotatable bonds is 5. The molecule has 0 unspecified atom stereocenters. The number of hydrogen-bond acceptors (Lipinski definition) is 3. The number of nitrogens with one attached hydrogen (secondary N) is 1. The molecule has 1 N–H and O–H groups in total. The Morgan fingerprint density at radius 3 is 2.14 bits per heavy atom. The quantitative estimate of drug-likeness (QED) is 0.406. The lowest BCUT2D eigenvalue weighted by Crippen LogP contribution is -2.26. The number of anilines is 1. The molecule has 0 aliphatic carbocycles. The minimum Gasteiger partial charge on any atom is -0.461 e. The number of carbonyl (C=O) groups is 1. The van der Waals surface area contributed by atoms with Gasteiger partial charge in [-0.25, -0.2) is 0 Å². The summed E-state index contributed by atoms with van der Waals surface area (Å²) in [6.45, 7) is 14.3. The fourth-order valence-corrected chi connectivity index (χ4v) is 3.69. The number of benzene rings is 3. The van der Waals surface area contributed by atoms with Crippen LogP contribution < -0.4 is 15.0 Å². The molecule has 1 aliphatic heterocycles. The minimum atomic E-state index is 0.0178. The van der Waals surface area contributed by atoms with Crippen molar-refractivity contribution in [1.82, 2.24) is 5.32 Å². The zero-order valence-corrected chi connectivity index (χ0v) is 23.0. The zero-order chi connectivity index (χ0) is 26.5. The summed E-state index contributed by atoms with van der Waals surface area (Å²) in [6, 6.07) is 23.9. The first-order chi connectivity index (χ1) is 17.4. The van der Waals surface area contributed by atoms with Crippen LogP contribution in [0.25, 0.3) is 0 Å². The third kappa shape index (κ3) is 8.39. The molecule has 1 amide bonds. The maximum Gasteiger partial charge on any atom is 0.258 e. The van der Waals surface area contributed by atoms with Gasteiger partial charge in [-0.1, -0.05) is 68.8 Å². The predicted octanol–water partition coefficient (Wildman–Crippen LogP) is 7.50. The standard InChI is InChI=1S/C17H19NO.C13H17NO.C2H6/c1-4-14-7-11-16(12-8-14)18(3)17(19)15-9-5-13(2)6-10-15;1-10-5-3-4-6-12(10)15-13-7-8-14-9-11(13)2;1-2/h5-12H,4H2,1-3H3;3-6,14H,7-9H2,1-2H3;1-2H3. The monoisotopic (exact) mass is 486 g/mol. The first kappa shape index (κ1) is 28.9. The summed E-state index contributed by atoms with van der Waals surface area (Å²) in [7, 11) is 1.81. The van der Waals surface area contributed by atoms with E-state index in [0.29, 0.717) is 5.56 Å². The number of nitrogens with zero attached hydrogens (tertiary/aromatic N) is 1. The topological polar surface area (TPSA) is 41.6 Å². The highest BCUT2D eigenvalue weighted by atomic mass is 16.5. The van der Waals surface area contributed by atoms with Crippen molar-refractivity contribution in [2.45, 2.75) is 54.4 Å². The molecule has 0 bridgehead atoms. The molecule has 0 spiro atoms. The first-order valence-corrected chi connectivity index (χ1v) is 13.0. The molecule has 0 saturated heterocycles. The molecule has 4 heteroatoms. The average Bonchev–Trinajstić information content (AvgIpc) is 2.92. The number of carbonyl (C=O) groups excluding carboxylic acids is 1. The number of para-hydroxylation sites is 1. The first-order valence-electron chi connectivity index (χ1n) is 13.0. The van der Waals surface area contributed by atoms with E-state index >= 15 is 0 Å². The molecule has 4 rings (SSSR count). The molecule has 0 aromatic heterocycles. The Kier molecular flexibility index (Phi) is 11.9. The van der Waals surface area contributed by atoms with Crippen LogP contribution in [0.5, 0.6) is 5.75 Å². The second-order valence-electron chi connectivity index (χ2n) is 8.75. The highest BCUT2D eigenvalue weighted by Crippen LogP contribution is 2.23. The van der Waals surface area contributed by atoms with Gasteiger partial charge in [-0.2, -0.15) is 0 Å². The third-order valence-corrected chi connectivity index (χ3v) is 6.06. The van der Waals surface area contributed by atoms with Crippen molar-refractivity contribution in [1.29, 1.82) is 0 Å². The largest absolute Gasteiger partial charge is 0.461 e. The second kappa shape index (κ2) is 14.9. The van der Waals surface area contributed by atoms with Crippen LogP contribution >= 0.6 is 0 Å². The zero-order valence-electron chi connectivity index (χ0n) is 23.0. The summed E-state index contributed by atoms with van der Waals surface area (Å²) in [5.41, 5.74) is 6.57. The second-order valence-corrected chi connectivity index (χ2v) is 8.75. The van der Waals surface area contributed by atoms with Gasteiger partial charge in [0, 0.05) is 37.8 Å². The van der Waals surface area contributed by atoms with E-state index in [9.17, 15) is 4.79 Å². The Bertz CT molecular complexity index is 1120. The third-order valence-electron chi connectivity index (χ3n) is 6.06. The lowest BCUT2D eigenvalue weighted by atomic mass is 10.1. The van der Waals surface area contributed by atoms with Crippen LogP contribution in [0, 0.1) is 13.8 Å². The van der Waals surface area contributed by atoms with Crippen molar-refractivity contribution in [3.05, 3.63) is 106 Å². The van der Waals surface area contributed by atoms with Gasteiger partial charge in [0.2, 0.25) is 0 Å². The number of ether oxygens (including phenoxy) is 1. The van der Waals surface area contributed by atoms with E-state index < -0.39 is 0 Å². The van der Waals surface area contributed by atoms with Gasteiger partial charge in [0.1, 0.15) is 11.5 Å². The Balaban J connectivity index is 0.000000243. The van der Waals surface area contributed by atoms with Crippen molar-refractivity contribution in [2.75, 3.05) is 25.0 Å². The molecule has 0 atom stereocenters. The summed E-state index contributed by atoms with van der Waals surface area (Å²) < 4.78 is 5.94. The van der Waals surface area contributed by atoms with Gasteiger partial charge < -0.3 is 15.0 Å². The molecule has 3 aromatic rings. The Morgan fingerprint density at radius 2 is 1.56 bits per heavy atom. The Morgan fingerprint density at radius 1 is 0.917 bits per heavy atom. The number of hydrogen-bond donors (Lipinski definition) is 1. The minimum absolute atomic E-state index is 0.0178. The molecule has 0 saturated carbocycles. The van der Waals surface area contributed by atoms with Gasteiger partial charge in [-0.3, -0.25) is 4.79 Å². The van der Waals surface area contributed by atoms with Crippen LogP contribution in [0.2, 0.25) is 0 Å². The molecule has 0 fully saturated rings. The van der Waals surface area contributed by atoms with E-state index in [2.05, 4.69) is 44.3 Å². The molecule has 192 valence electrons. The van der Waals surface area contributed by atoms with E-state index in [1.165, 1.54) is 16.7 Å². The SMILES string of the molecule is CC.CC1=C(Oc2ccccc2C)CCNC1.CCc1ccc(N(C)C(=O)c2ccc(C)cc2)cc1. The summed E-state index contributed by atoms with van der Waals surface area (Å²) in [4.78, 5) is 14.0. The Hall–Kier alpha value is -3.37. The van der Waals surface area contributed by atoms with E-state index in [0.717, 1.165) is 48.7 Å². The molecule has 0 radical (unpaired) electrons. The van der Waals surface area contributed by atoms with Gasteiger partial charge in [0.25, 0.3) is 5.91 Å². The molecule has 36 heavy (non-hydrogen) atoms. The average molecular weight is 487 g/mol. The fraction of sp³-hybridized carbons (Fsp3) is 0.344. The maximum atomic E-state index is 12.3.